The number of fused-ring (bicyclic) bond motifs is 1. The summed E-state index contributed by atoms with van der Waals surface area (Å²) in [5.41, 5.74) is 6.63. The predicted octanol–water partition coefficient (Wildman–Crippen LogP) is 1.66. The second-order valence-corrected chi connectivity index (χ2v) is 7.62. The number of nitrogens with two attached hydrogens (primary N) is 1. The molecule has 3 N–H and O–H groups in total. The highest BCUT2D eigenvalue weighted by Gasteiger charge is 2.22. The van der Waals surface area contributed by atoms with Gasteiger partial charge in [-0.2, -0.15) is 0 Å². The second kappa shape index (κ2) is 6.77. The van der Waals surface area contributed by atoms with Gasteiger partial charge in [0.05, 0.1) is 11.5 Å². The first-order valence-corrected chi connectivity index (χ1v) is 8.89. The van der Waals surface area contributed by atoms with E-state index in [2.05, 4.69) is 4.72 Å². The van der Waals surface area contributed by atoms with Crippen molar-refractivity contribution in [1.82, 2.24) is 4.72 Å². The maximum Gasteiger partial charge on any atom is 0.240 e. The van der Waals surface area contributed by atoms with Crippen molar-refractivity contribution >= 4 is 10.0 Å². The summed E-state index contributed by atoms with van der Waals surface area (Å²) in [6.07, 6.45) is 2.50. The summed E-state index contributed by atoms with van der Waals surface area (Å²) in [6.45, 7) is 5.09. The molecule has 1 atom stereocenters. The Balaban J connectivity index is 2.19. The van der Waals surface area contributed by atoms with Gasteiger partial charge in [-0.05, 0) is 48.9 Å². The first-order valence-electron chi connectivity index (χ1n) is 7.40. The summed E-state index contributed by atoms with van der Waals surface area (Å²) < 4.78 is 33.1. The van der Waals surface area contributed by atoms with Crippen LogP contribution in [-0.2, 0) is 16.4 Å². The van der Waals surface area contributed by atoms with Crippen molar-refractivity contribution in [3.8, 4) is 5.75 Å². The van der Waals surface area contributed by atoms with Crippen LogP contribution in [-0.4, -0.2) is 27.6 Å². The molecule has 1 unspecified atom stereocenters. The van der Waals surface area contributed by atoms with E-state index in [0.29, 0.717) is 19.1 Å². The van der Waals surface area contributed by atoms with Crippen LogP contribution >= 0.6 is 0 Å². The molecule has 5 nitrogen and oxygen atoms in total. The van der Waals surface area contributed by atoms with Crippen LogP contribution in [0.25, 0.3) is 0 Å². The molecule has 0 saturated carbocycles. The molecule has 0 amide bonds. The second-order valence-electron chi connectivity index (χ2n) is 5.91. The zero-order valence-electron chi connectivity index (χ0n) is 12.6. The van der Waals surface area contributed by atoms with Crippen LogP contribution in [0.2, 0.25) is 0 Å². The standard InChI is InChI=1S/C15H24N2O3S/c1-11(2)8-13(10-16)17-21(18,19)14-5-6-15-12(9-14)4-3-7-20-15/h5-6,9,11,13,17H,3-4,7-8,10,16H2,1-2H3. The van der Waals surface area contributed by atoms with E-state index in [0.717, 1.165) is 30.6 Å². The molecule has 1 aromatic carbocycles. The summed E-state index contributed by atoms with van der Waals surface area (Å²) in [6, 6.07) is 4.81. The third-order valence-corrected chi connectivity index (χ3v) is 5.07. The summed E-state index contributed by atoms with van der Waals surface area (Å²) in [4.78, 5) is 0.286. The summed E-state index contributed by atoms with van der Waals surface area (Å²) in [5.74, 6) is 1.18. The Labute approximate surface area is 126 Å². The zero-order chi connectivity index (χ0) is 15.5. The van der Waals surface area contributed by atoms with Crippen molar-refractivity contribution in [3.63, 3.8) is 0 Å². The van der Waals surface area contributed by atoms with Gasteiger partial charge in [0.15, 0.2) is 0 Å². The van der Waals surface area contributed by atoms with E-state index in [1.165, 1.54) is 0 Å². The van der Waals surface area contributed by atoms with Gasteiger partial charge < -0.3 is 10.5 Å². The largest absolute Gasteiger partial charge is 0.493 e. The molecular formula is C15H24N2O3S. The van der Waals surface area contributed by atoms with E-state index in [-0.39, 0.29) is 10.9 Å². The average molecular weight is 312 g/mol. The molecule has 21 heavy (non-hydrogen) atoms. The van der Waals surface area contributed by atoms with Crippen LogP contribution < -0.4 is 15.2 Å². The summed E-state index contributed by atoms with van der Waals surface area (Å²) >= 11 is 0. The lowest BCUT2D eigenvalue weighted by Crippen LogP contribution is -2.41. The van der Waals surface area contributed by atoms with Gasteiger partial charge in [0.2, 0.25) is 10.0 Å². The Morgan fingerprint density at radius 3 is 2.81 bits per heavy atom. The first-order chi connectivity index (χ1) is 9.92. The van der Waals surface area contributed by atoms with Crippen LogP contribution in [0, 0.1) is 5.92 Å². The smallest absolute Gasteiger partial charge is 0.240 e. The van der Waals surface area contributed by atoms with Gasteiger partial charge in [0, 0.05) is 12.6 Å². The van der Waals surface area contributed by atoms with Crippen molar-refractivity contribution in [1.29, 1.82) is 0 Å². The molecule has 0 saturated heterocycles. The topological polar surface area (TPSA) is 81.4 Å². The third-order valence-electron chi connectivity index (χ3n) is 3.55. The van der Waals surface area contributed by atoms with E-state index in [1.807, 2.05) is 13.8 Å². The van der Waals surface area contributed by atoms with Crippen molar-refractivity contribution in [2.24, 2.45) is 11.7 Å². The highest BCUT2D eigenvalue weighted by molar-refractivity contribution is 7.89. The van der Waals surface area contributed by atoms with Crippen LogP contribution in [0.15, 0.2) is 23.1 Å². The fourth-order valence-corrected chi connectivity index (χ4v) is 3.86. The van der Waals surface area contributed by atoms with Crippen molar-refractivity contribution < 1.29 is 13.2 Å². The lowest BCUT2D eigenvalue weighted by Gasteiger charge is -2.21. The molecular weight excluding hydrogens is 288 g/mol. The van der Waals surface area contributed by atoms with Crippen LogP contribution in [0.1, 0.15) is 32.3 Å². The van der Waals surface area contributed by atoms with Crippen LogP contribution in [0.3, 0.4) is 0 Å². The van der Waals surface area contributed by atoms with Gasteiger partial charge in [0.25, 0.3) is 0 Å². The fraction of sp³-hybridized carbons (Fsp3) is 0.600. The van der Waals surface area contributed by atoms with Gasteiger partial charge >= 0.3 is 0 Å². The maximum absolute atomic E-state index is 12.5. The zero-order valence-corrected chi connectivity index (χ0v) is 13.4. The molecule has 0 spiro atoms. The van der Waals surface area contributed by atoms with E-state index in [1.54, 1.807) is 18.2 Å². The molecule has 0 aliphatic carbocycles. The maximum atomic E-state index is 12.5. The van der Waals surface area contributed by atoms with Gasteiger partial charge in [0.1, 0.15) is 5.75 Å². The highest BCUT2D eigenvalue weighted by atomic mass is 32.2. The number of benzene rings is 1. The minimum atomic E-state index is -3.54. The number of hydrogen-bond donors (Lipinski definition) is 2. The monoisotopic (exact) mass is 312 g/mol. The Bertz CT molecular complexity index is 585. The Morgan fingerprint density at radius 2 is 2.14 bits per heavy atom. The molecule has 0 fully saturated rings. The number of hydrogen-bond acceptors (Lipinski definition) is 4. The number of aryl methyl sites for hydroxylation is 1. The SMILES string of the molecule is CC(C)CC(CN)NS(=O)(=O)c1ccc2c(c1)CCCO2. The molecule has 118 valence electrons. The molecule has 0 aromatic heterocycles. The van der Waals surface area contributed by atoms with Crippen molar-refractivity contribution in [2.45, 2.75) is 44.0 Å². The number of sulfonamides is 1. The van der Waals surface area contributed by atoms with Gasteiger partial charge in [-0.15, -0.1) is 0 Å². The Hall–Kier alpha value is -1.11. The molecule has 6 heteroatoms. The lowest BCUT2D eigenvalue weighted by atomic mass is 10.1. The molecule has 1 heterocycles. The Kier molecular flexibility index (Phi) is 5.24. The minimum Gasteiger partial charge on any atom is -0.493 e. The normalized spacial score (nSPS) is 16.4. The number of rotatable bonds is 6. The molecule has 1 aromatic rings. The average Bonchev–Trinajstić information content (AvgIpc) is 2.45. The van der Waals surface area contributed by atoms with Gasteiger partial charge in [-0.3, -0.25) is 0 Å². The molecule has 0 radical (unpaired) electrons. The third kappa shape index (κ3) is 4.18. The van der Waals surface area contributed by atoms with Gasteiger partial charge in [-0.1, -0.05) is 13.8 Å². The van der Waals surface area contributed by atoms with Crippen LogP contribution in [0.4, 0.5) is 0 Å². The number of ether oxygens (including phenoxy) is 1. The fourth-order valence-electron chi connectivity index (χ4n) is 2.55. The van der Waals surface area contributed by atoms with Crippen molar-refractivity contribution in [2.75, 3.05) is 13.2 Å². The highest BCUT2D eigenvalue weighted by Crippen LogP contribution is 2.27. The number of nitrogens with one attached hydrogen (secondary N) is 1. The molecule has 0 bridgehead atoms. The predicted molar refractivity (Wildman–Crippen MR) is 82.9 cm³/mol. The quantitative estimate of drug-likeness (QED) is 0.837. The lowest BCUT2D eigenvalue weighted by molar-refractivity contribution is 0.288. The summed E-state index contributed by atoms with van der Waals surface area (Å²) in [5, 5.41) is 0. The molecule has 1 aliphatic rings. The molecule has 1 aliphatic heterocycles. The minimum absolute atomic E-state index is 0.234. The van der Waals surface area contributed by atoms with E-state index in [4.69, 9.17) is 10.5 Å². The Morgan fingerprint density at radius 1 is 1.38 bits per heavy atom. The molecule has 2 rings (SSSR count). The van der Waals surface area contributed by atoms with Crippen LogP contribution in [0.5, 0.6) is 5.75 Å². The summed E-state index contributed by atoms with van der Waals surface area (Å²) in [7, 11) is -3.54. The van der Waals surface area contributed by atoms with Crippen molar-refractivity contribution in [3.05, 3.63) is 23.8 Å². The van der Waals surface area contributed by atoms with E-state index in [9.17, 15) is 8.42 Å². The van der Waals surface area contributed by atoms with E-state index >= 15 is 0 Å². The van der Waals surface area contributed by atoms with Gasteiger partial charge in [-0.25, -0.2) is 13.1 Å². The van der Waals surface area contributed by atoms with E-state index < -0.39 is 10.0 Å². The first kappa shape index (κ1) is 16.3.